The van der Waals surface area contributed by atoms with Crippen LogP contribution in [0.4, 0.5) is 5.69 Å². The Morgan fingerprint density at radius 1 is 1.29 bits per heavy atom. The Kier molecular flexibility index (Phi) is 5.47. The van der Waals surface area contributed by atoms with Crippen molar-refractivity contribution in [3.05, 3.63) is 23.8 Å². The number of rotatable bonds is 1. The van der Waals surface area contributed by atoms with Crippen molar-refractivity contribution in [1.29, 1.82) is 0 Å². The van der Waals surface area contributed by atoms with E-state index in [0.29, 0.717) is 0 Å². The molecule has 0 heterocycles. The van der Waals surface area contributed by atoms with E-state index in [9.17, 15) is 8.42 Å². The molecule has 0 unspecified atom stereocenters. The highest BCUT2D eigenvalue weighted by Crippen LogP contribution is 2.18. The lowest BCUT2D eigenvalue weighted by Gasteiger charge is -2.02. The predicted octanol–water partition coefficient (Wildman–Crippen LogP) is 2.10. The molecule has 1 aromatic carbocycles. The summed E-state index contributed by atoms with van der Waals surface area (Å²) in [5.41, 5.74) is 6.13. The van der Waals surface area contributed by atoms with Crippen molar-refractivity contribution in [3.63, 3.8) is 0 Å². The van der Waals surface area contributed by atoms with Crippen molar-refractivity contribution in [1.82, 2.24) is 0 Å². The van der Waals surface area contributed by atoms with Crippen LogP contribution in [-0.4, -0.2) is 13.0 Å². The molecule has 82 valence electrons. The van der Waals surface area contributed by atoms with Gasteiger partial charge in [0.05, 0.1) is 5.69 Å². The number of aryl methyl sites for hydroxylation is 1. The lowest BCUT2D eigenvalue weighted by atomic mass is 10.2. The molecule has 14 heavy (non-hydrogen) atoms. The largest absolute Gasteiger partial charge is 0.398 e. The Morgan fingerprint density at radius 3 is 2.14 bits per heavy atom. The zero-order valence-electron chi connectivity index (χ0n) is 6.48. The molecule has 0 spiro atoms. The molecule has 3 N–H and O–H groups in total. The summed E-state index contributed by atoms with van der Waals surface area (Å²) in [6.45, 7) is 1.72. The highest BCUT2D eigenvalue weighted by atomic mass is 32.2. The monoisotopic (exact) mass is 219 g/mol. The summed E-state index contributed by atoms with van der Waals surface area (Å²) in [6.07, 6.45) is 0. The second-order valence-corrected chi connectivity index (χ2v) is 3.91. The minimum atomic E-state index is -4.18. The van der Waals surface area contributed by atoms with E-state index in [0.717, 1.165) is 5.56 Å². The van der Waals surface area contributed by atoms with Crippen LogP contribution < -0.4 is 5.73 Å². The SMILES string of the molecule is C.C.Cc1ccc(N)c(S(=O)(=O)O)c1. The number of hydrogen-bond acceptors (Lipinski definition) is 3. The molecule has 0 saturated carbocycles. The van der Waals surface area contributed by atoms with E-state index >= 15 is 0 Å². The van der Waals surface area contributed by atoms with E-state index in [-0.39, 0.29) is 25.4 Å². The number of nitrogen functional groups attached to an aromatic ring is 1. The van der Waals surface area contributed by atoms with Crippen molar-refractivity contribution in [2.24, 2.45) is 0 Å². The predicted molar refractivity (Wildman–Crippen MR) is 58.9 cm³/mol. The van der Waals surface area contributed by atoms with Gasteiger partial charge in [-0.05, 0) is 24.6 Å². The zero-order valence-corrected chi connectivity index (χ0v) is 7.30. The number of anilines is 1. The smallest absolute Gasteiger partial charge is 0.296 e. The first-order chi connectivity index (χ1) is 5.41. The van der Waals surface area contributed by atoms with Gasteiger partial charge in [-0.25, -0.2) is 0 Å². The van der Waals surface area contributed by atoms with Crippen molar-refractivity contribution < 1.29 is 13.0 Å². The van der Waals surface area contributed by atoms with Crippen molar-refractivity contribution >= 4 is 15.8 Å². The van der Waals surface area contributed by atoms with Crippen LogP contribution in [-0.2, 0) is 10.1 Å². The van der Waals surface area contributed by atoms with Crippen LogP contribution in [0.5, 0.6) is 0 Å². The van der Waals surface area contributed by atoms with Crippen LogP contribution in [0.25, 0.3) is 0 Å². The first-order valence-corrected chi connectivity index (χ1v) is 4.69. The van der Waals surface area contributed by atoms with Gasteiger partial charge in [0.1, 0.15) is 4.90 Å². The molecule has 0 bridgehead atoms. The van der Waals surface area contributed by atoms with E-state index < -0.39 is 10.1 Å². The minimum Gasteiger partial charge on any atom is -0.398 e. The summed E-state index contributed by atoms with van der Waals surface area (Å²) in [7, 11) is -4.18. The molecule has 0 radical (unpaired) electrons. The first-order valence-electron chi connectivity index (χ1n) is 3.25. The molecule has 0 aliphatic rings. The molecule has 0 atom stereocenters. The van der Waals surface area contributed by atoms with E-state index in [2.05, 4.69) is 0 Å². The zero-order chi connectivity index (χ0) is 9.35. The standard InChI is InChI=1S/C7H9NO3S.2CH4/c1-5-2-3-6(8)7(4-5)12(9,10)11;;/h2-4H,8H2,1H3,(H,9,10,11);2*1H4. The molecule has 0 aliphatic heterocycles. The quantitative estimate of drug-likeness (QED) is 0.560. The summed E-state index contributed by atoms with van der Waals surface area (Å²) in [5, 5.41) is 0. The maximum atomic E-state index is 10.7. The Morgan fingerprint density at radius 2 is 1.79 bits per heavy atom. The molecule has 1 rings (SSSR count). The van der Waals surface area contributed by atoms with Crippen LogP contribution in [0.3, 0.4) is 0 Å². The van der Waals surface area contributed by atoms with Gasteiger partial charge >= 0.3 is 0 Å². The van der Waals surface area contributed by atoms with Gasteiger partial charge in [-0.3, -0.25) is 4.55 Å². The van der Waals surface area contributed by atoms with Gasteiger partial charge in [-0.15, -0.1) is 0 Å². The van der Waals surface area contributed by atoms with Crippen molar-refractivity contribution in [2.45, 2.75) is 26.7 Å². The van der Waals surface area contributed by atoms with Gasteiger partial charge in [-0.1, -0.05) is 20.9 Å². The molecule has 1 aromatic rings. The van der Waals surface area contributed by atoms with E-state index in [1.54, 1.807) is 13.0 Å². The number of benzene rings is 1. The molecule has 0 saturated heterocycles. The second kappa shape index (κ2) is 4.97. The molecular formula is C9H17NO3S. The Bertz CT molecular complexity index is 399. The van der Waals surface area contributed by atoms with Gasteiger partial charge in [-0.2, -0.15) is 8.42 Å². The summed E-state index contributed by atoms with van der Waals surface area (Å²) < 4.78 is 30.0. The van der Waals surface area contributed by atoms with Gasteiger partial charge in [0.2, 0.25) is 0 Å². The van der Waals surface area contributed by atoms with Crippen LogP contribution in [0.15, 0.2) is 23.1 Å². The average molecular weight is 219 g/mol. The maximum absolute atomic E-state index is 10.7. The lowest BCUT2D eigenvalue weighted by Crippen LogP contribution is -2.03. The Hall–Kier alpha value is -1.07. The van der Waals surface area contributed by atoms with E-state index in [1.165, 1.54) is 12.1 Å². The van der Waals surface area contributed by atoms with Crippen molar-refractivity contribution in [3.8, 4) is 0 Å². The number of nitrogens with two attached hydrogens (primary N) is 1. The van der Waals surface area contributed by atoms with Crippen molar-refractivity contribution in [2.75, 3.05) is 5.73 Å². The maximum Gasteiger partial charge on any atom is 0.296 e. The van der Waals surface area contributed by atoms with Crippen LogP contribution in [0, 0.1) is 6.92 Å². The van der Waals surface area contributed by atoms with Gasteiger partial charge < -0.3 is 5.73 Å². The highest BCUT2D eigenvalue weighted by molar-refractivity contribution is 7.86. The third kappa shape index (κ3) is 3.35. The first kappa shape index (κ1) is 15.4. The average Bonchev–Trinajstić information content (AvgIpc) is 1.92. The van der Waals surface area contributed by atoms with Crippen LogP contribution in [0.2, 0.25) is 0 Å². The fourth-order valence-corrected chi connectivity index (χ4v) is 1.57. The Balaban J connectivity index is 0. The van der Waals surface area contributed by atoms with Gasteiger partial charge in [0, 0.05) is 0 Å². The van der Waals surface area contributed by atoms with Gasteiger partial charge in [0.15, 0.2) is 0 Å². The Labute approximate surface area is 85.5 Å². The third-order valence-corrected chi connectivity index (χ3v) is 2.36. The fourth-order valence-electron chi connectivity index (χ4n) is 0.865. The summed E-state index contributed by atoms with van der Waals surface area (Å²) in [4.78, 5) is -0.234. The molecule has 0 amide bonds. The fraction of sp³-hybridized carbons (Fsp3) is 0.333. The summed E-state index contributed by atoms with van der Waals surface area (Å²) >= 11 is 0. The molecule has 4 nitrogen and oxygen atoms in total. The third-order valence-electron chi connectivity index (χ3n) is 1.45. The summed E-state index contributed by atoms with van der Waals surface area (Å²) in [6, 6.07) is 4.44. The lowest BCUT2D eigenvalue weighted by molar-refractivity contribution is 0.483. The highest BCUT2D eigenvalue weighted by Gasteiger charge is 2.12. The molecule has 0 aromatic heterocycles. The normalized spacial score (nSPS) is 9.86. The topological polar surface area (TPSA) is 80.4 Å². The second-order valence-electron chi connectivity index (χ2n) is 2.52. The summed E-state index contributed by atoms with van der Waals surface area (Å²) in [5.74, 6) is 0. The molecule has 5 heteroatoms. The van der Waals surface area contributed by atoms with E-state index in [4.69, 9.17) is 10.3 Å². The van der Waals surface area contributed by atoms with E-state index in [1.807, 2.05) is 0 Å². The molecule has 0 aliphatic carbocycles. The molecular weight excluding hydrogens is 202 g/mol. The molecule has 0 fully saturated rings. The number of hydrogen-bond donors (Lipinski definition) is 2. The minimum absolute atomic E-state index is 0. The van der Waals surface area contributed by atoms with Crippen LogP contribution >= 0.6 is 0 Å². The van der Waals surface area contributed by atoms with Crippen LogP contribution in [0.1, 0.15) is 20.4 Å². The van der Waals surface area contributed by atoms with Gasteiger partial charge in [0.25, 0.3) is 10.1 Å².